The molecule has 0 aliphatic rings. The third-order valence-corrected chi connectivity index (χ3v) is 3.06. The largest absolute Gasteiger partial charge is 0.489 e. The van der Waals surface area contributed by atoms with E-state index < -0.39 is 0 Å². The number of esters is 1. The highest BCUT2D eigenvalue weighted by molar-refractivity contribution is 5.67. The monoisotopic (exact) mass is 344 g/mol. The van der Waals surface area contributed by atoms with E-state index in [0.717, 1.165) is 18.6 Å². The third kappa shape index (κ3) is 11.8. The van der Waals surface area contributed by atoms with E-state index in [-0.39, 0.29) is 5.97 Å². The van der Waals surface area contributed by atoms with E-state index in [9.17, 15) is 4.79 Å². The molecule has 0 bridgehead atoms. The average molecular weight is 344 g/mol. The lowest BCUT2D eigenvalue weighted by molar-refractivity contribution is -0.136. The normalized spacial score (nSPS) is 10.6. The lowest BCUT2D eigenvalue weighted by atomic mass is 10.1. The molecule has 0 saturated carbocycles. The summed E-state index contributed by atoms with van der Waals surface area (Å²) in [7, 11) is 0. The molecule has 0 saturated heterocycles. The molecule has 0 radical (unpaired) electrons. The van der Waals surface area contributed by atoms with Crippen LogP contribution in [0.15, 0.2) is 55.3 Å². The molecule has 1 aromatic carbocycles. The first-order chi connectivity index (χ1) is 11.8. The Bertz CT molecular complexity index is 583. The Labute approximate surface area is 153 Å². The number of ether oxygens (including phenoxy) is 2. The fraction of sp³-hybridized carbons (Fsp3) is 0.409. The molecular formula is C22H32O3. The highest BCUT2D eigenvalue weighted by atomic mass is 16.5. The van der Waals surface area contributed by atoms with Gasteiger partial charge in [-0.15, -0.1) is 6.58 Å². The van der Waals surface area contributed by atoms with Crippen LogP contribution in [0.1, 0.15) is 45.2 Å². The molecule has 0 N–H and O–H groups in total. The first-order valence-electron chi connectivity index (χ1n) is 8.61. The molecule has 0 aliphatic heterocycles. The lowest BCUT2D eigenvalue weighted by Gasteiger charge is -2.10. The maximum absolute atomic E-state index is 10.4. The van der Waals surface area contributed by atoms with Crippen molar-refractivity contribution >= 4 is 5.97 Å². The Morgan fingerprint density at radius 3 is 2.40 bits per heavy atom. The van der Waals surface area contributed by atoms with Gasteiger partial charge < -0.3 is 9.47 Å². The molecule has 0 fully saturated rings. The molecule has 0 aromatic heterocycles. The molecule has 0 amide bonds. The van der Waals surface area contributed by atoms with Crippen molar-refractivity contribution in [2.45, 2.75) is 47.5 Å². The van der Waals surface area contributed by atoms with Gasteiger partial charge >= 0.3 is 5.97 Å². The summed E-state index contributed by atoms with van der Waals surface area (Å²) in [5.41, 5.74) is 2.51. The van der Waals surface area contributed by atoms with E-state index >= 15 is 0 Å². The van der Waals surface area contributed by atoms with Gasteiger partial charge in [0, 0.05) is 6.92 Å². The van der Waals surface area contributed by atoms with Crippen LogP contribution in [0.3, 0.4) is 0 Å². The number of benzene rings is 1. The van der Waals surface area contributed by atoms with Gasteiger partial charge in [0.15, 0.2) is 0 Å². The van der Waals surface area contributed by atoms with Crippen LogP contribution in [-0.4, -0.2) is 12.6 Å². The van der Waals surface area contributed by atoms with E-state index in [1.807, 2.05) is 32.1 Å². The van der Waals surface area contributed by atoms with Crippen molar-refractivity contribution in [3.05, 3.63) is 66.5 Å². The summed E-state index contributed by atoms with van der Waals surface area (Å²) in [5.74, 6) is 1.82. The number of rotatable bonds is 8. The molecule has 1 aromatic rings. The second kappa shape index (κ2) is 13.1. The van der Waals surface area contributed by atoms with E-state index in [1.165, 1.54) is 18.1 Å². The van der Waals surface area contributed by atoms with Gasteiger partial charge in [-0.2, -0.15) is 0 Å². The van der Waals surface area contributed by atoms with Gasteiger partial charge in [-0.05, 0) is 50.3 Å². The third-order valence-electron chi connectivity index (χ3n) is 3.06. The molecule has 0 spiro atoms. The van der Waals surface area contributed by atoms with Crippen LogP contribution in [0.4, 0.5) is 0 Å². The van der Waals surface area contributed by atoms with Gasteiger partial charge in [-0.25, -0.2) is 0 Å². The summed E-state index contributed by atoms with van der Waals surface area (Å²) in [4.78, 5) is 10.4. The van der Waals surface area contributed by atoms with Gasteiger partial charge in [0.2, 0.25) is 0 Å². The van der Waals surface area contributed by atoms with E-state index in [4.69, 9.17) is 9.47 Å². The minimum Gasteiger partial charge on any atom is -0.489 e. The molecule has 0 unspecified atom stereocenters. The number of hydrogen-bond donors (Lipinski definition) is 0. The molecule has 0 atom stereocenters. The first kappa shape index (κ1) is 22.7. The highest BCUT2D eigenvalue weighted by Gasteiger charge is 2.02. The minimum absolute atomic E-state index is 0.255. The smallest absolute Gasteiger partial charge is 0.307 e. The van der Waals surface area contributed by atoms with Crippen molar-refractivity contribution in [1.82, 2.24) is 0 Å². The van der Waals surface area contributed by atoms with Crippen LogP contribution < -0.4 is 4.74 Å². The maximum atomic E-state index is 10.4. The van der Waals surface area contributed by atoms with Crippen molar-refractivity contribution in [3.8, 4) is 5.75 Å². The summed E-state index contributed by atoms with van der Waals surface area (Å²) < 4.78 is 10.4. The van der Waals surface area contributed by atoms with E-state index in [1.54, 1.807) is 13.0 Å². The fourth-order valence-electron chi connectivity index (χ4n) is 2.18. The minimum atomic E-state index is -0.255. The van der Waals surface area contributed by atoms with Crippen molar-refractivity contribution in [3.63, 3.8) is 0 Å². The van der Waals surface area contributed by atoms with Gasteiger partial charge in [-0.1, -0.05) is 50.3 Å². The quantitative estimate of drug-likeness (QED) is 0.340. The van der Waals surface area contributed by atoms with Crippen LogP contribution in [0.25, 0.3) is 0 Å². The maximum Gasteiger partial charge on any atom is 0.307 e. The summed E-state index contributed by atoms with van der Waals surface area (Å²) in [5, 5.41) is 0. The second-order valence-electron chi connectivity index (χ2n) is 6.15. The zero-order chi connectivity index (χ0) is 19.2. The second-order valence-corrected chi connectivity index (χ2v) is 6.15. The van der Waals surface area contributed by atoms with Gasteiger partial charge in [0.05, 0.1) is 0 Å². The topological polar surface area (TPSA) is 35.5 Å². The summed E-state index contributed by atoms with van der Waals surface area (Å²) in [6.07, 6.45) is 7.56. The Morgan fingerprint density at radius 1 is 1.20 bits per heavy atom. The lowest BCUT2D eigenvalue weighted by Crippen LogP contribution is -1.97. The highest BCUT2D eigenvalue weighted by Crippen LogP contribution is 2.21. The Hall–Kier alpha value is -2.29. The van der Waals surface area contributed by atoms with Crippen LogP contribution in [0.2, 0.25) is 0 Å². The van der Waals surface area contributed by atoms with Crippen LogP contribution in [-0.2, 0) is 16.0 Å². The Balaban J connectivity index is 0.000000504. The predicted molar refractivity (Wildman–Crippen MR) is 106 cm³/mol. The summed E-state index contributed by atoms with van der Waals surface area (Å²) >= 11 is 0. The molecule has 3 heteroatoms. The molecule has 138 valence electrons. The van der Waals surface area contributed by atoms with Gasteiger partial charge in [0.25, 0.3) is 0 Å². The standard InChI is InChI=1S/C14H18O.C8H14O2/c1-4-6-7-13-11-12(3)8-9-14(13)15-10-5-2;1-6(2)5-7(3)10-8(4)9/h4-5,8-9,11H,1-2,6-7,10H2,3H3;5-6H,1-4H3/b;7-5+. The number of hydrogen-bond acceptors (Lipinski definition) is 3. The van der Waals surface area contributed by atoms with Gasteiger partial charge in [0.1, 0.15) is 18.1 Å². The molecule has 0 heterocycles. The molecular weight excluding hydrogens is 312 g/mol. The number of carbonyl (C=O) groups excluding carboxylic acids is 1. The zero-order valence-electron chi connectivity index (χ0n) is 16.3. The SMILES string of the molecule is C=CCCc1cc(C)ccc1OCC=C.CC(=O)O/C(C)=C/C(C)C. The van der Waals surface area contributed by atoms with Crippen LogP contribution >= 0.6 is 0 Å². The Morgan fingerprint density at radius 2 is 1.88 bits per heavy atom. The summed E-state index contributed by atoms with van der Waals surface area (Å²) in [6, 6.07) is 6.26. The fourth-order valence-corrected chi connectivity index (χ4v) is 2.18. The van der Waals surface area contributed by atoms with Crippen LogP contribution in [0.5, 0.6) is 5.75 Å². The number of aryl methyl sites for hydroxylation is 2. The van der Waals surface area contributed by atoms with Gasteiger partial charge in [-0.3, -0.25) is 4.79 Å². The predicted octanol–water partition coefficient (Wildman–Crippen LogP) is 5.79. The first-order valence-corrected chi connectivity index (χ1v) is 8.61. The van der Waals surface area contributed by atoms with E-state index in [2.05, 4.69) is 32.2 Å². The Kier molecular flexibility index (Phi) is 11.9. The van der Waals surface area contributed by atoms with Crippen LogP contribution in [0, 0.1) is 12.8 Å². The molecule has 25 heavy (non-hydrogen) atoms. The number of allylic oxidation sites excluding steroid dienone is 3. The zero-order valence-corrected chi connectivity index (χ0v) is 16.3. The molecule has 3 nitrogen and oxygen atoms in total. The molecule has 1 rings (SSSR count). The molecule has 0 aliphatic carbocycles. The van der Waals surface area contributed by atoms with Crippen molar-refractivity contribution in [2.24, 2.45) is 5.92 Å². The van der Waals surface area contributed by atoms with E-state index in [0.29, 0.717) is 18.3 Å². The number of carbonyl (C=O) groups is 1. The van der Waals surface area contributed by atoms with Crippen molar-refractivity contribution in [2.75, 3.05) is 6.61 Å². The summed E-state index contributed by atoms with van der Waals surface area (Å²) in [6.45, 7) is 17.3. The van der Waals surface area contributed by atoms with Crippen molar-refractivity contribution in [1.29, 1.82) is 0 Å². The van der Waals surface area contributed by atoms with Crippen molar-refractivity contribution < 1.29 is 14.3 Å². The average Bonchev–Trinajstić information content (AvgIpc) is 2.51.